The molecule has 0 unspecified atom stereocenters. The van der Waals surface area contributed by atoms with Crippen molar-refractivity contribution in [3.05, 3.63) is 45.5 Å². The van der Waals surface area contributed by atoms with E-state index in [1.807, 2.05) is 18.2 Å². The van der Waals surface area contributed by atoms with Crippen LogP contribution in [0.2, 0.25) is 5.02 Å². The number of rotatable bonds is 1. The Labute approximate surface area is 125 Å². The molecule has 21 heavy (non-hydrogen) atoms. The summed E-state index contributed by atoms with van der Waals surface area (Å²) in [6.07, 6.45) is 2.84. The zero-order chi connectivity index (χ0) is 14.4. The lowest BCUT2D eigenvalue weighted by atomic mass is 10.1. The Bertz CT molecular complexity index is 898. The molecule has 0 radical (unpaired) electrons. The molecule has 0 atom stereocenters. The highest BCUT2D eigenvalue weighted by Crippen LogP contribution is 2.28. The Morgan fingerprint density at radius 2 is 2.05 bits per heavy atom. The van der Waals surface area contributed by atoms with Gasteiger partial charge in [-0.05, 0) is 25.0 Å². The molecule has 4 rings (SSSR count). The van der Waals surface area contributed by atoms with E-state index in [-0.39, 0.29) is 11.1 Å². The Morgan fingerprint density at radius 1 is 1.19 bits per heavy atom. The molecular weight excluding hydrogens is 290 g/mol. The van der Waals surface area contributed by atoms with Crippen LogP contribution in [0.3, 0.4) is 0 Å². The lowest BCUT2D eigenvalue weighted by molar-refractivity contribution is 0.494. The average Bonchev–Trinajstić information content (AvgIpc) is 2.92. The third-order valence-electron chi connectivity index (χ3n) is 3.74. The summed E-state index contributed by atoms with van der Waals surface area (Å²) in [6.45, 7) is 0.700. The predicted octanol–water partition coefficient (Wildman–Crippen LogP) is 3.04. The van der Waals surface area contributed by atoms with Gasteiger partial charge in [-0.3, -0.25) is 9.36 Å². The molecule has 1 aliphatic rings. The molecule has 6 heteroatoms. The fourth-order valence-electron chi connectivity index (χ4n) is 2.67. The number of oxazole rings is 1. The summed E-state index contributed by atoms with van der Waals surface area (Å²) in [6, 6.07) is 7.25. The lowest BCUT2D eigenvalue weighted by Gasteiger charge is -2.15. The van der Waals surface area contributed by atoms with Crippen LogP contribution in [0.15, 0.2) is 33.5 Å². The highest BCUT2D eigenvalue weighted by Gasteiger charge is 2.20. The second-order valence-corrected chi connectivity index (χ2v) is 5.50. The second-order valence-electron chi connectivity index (χ2n) is 5.09. The number of halogens is 1. The van der Waals surface area contributed by atoms with Gasteiger partial charge in [-0.1, -0.05) is 23.7 Å². The first-order valence-electron chi connectivity index (χ1n) is 6.89. The predicted molar refractivity (Wildman–Crippen MR) is 79.4 cm³/mol. The Balaban J connectivity index is 1.97. The van der Waals surface area contributed by atoms with Gasteiger partial charge in [-0.2, -0.15) is 4.98 Å². The fraction of sp³-hybridized carbons (Fsp3) is 0.267. The van der Waals surface area contributed by atoms with Gasteiger partial charge in [0.15, 0.2) is 5.52 Å². The molecule has 0 fully saturated rings. The summed E-state index contributed by atoms with van der Waals surface area (Å²) < 4.78 is 7.36. The zero-order valence-corrected chi connectivity index (χ0v) is 11.9. The molecule has 2 aromatic heterocycles. The van der Waals surface area contributed by atoms with Crippen LogP contribution in [0.25, 0.3) is 22.7 Å². The molecule has 106 valence electrons. The molecule has 0 saturated heterocycles. The first-order valence-corrected chi connectivity index (χ1v) is 7.27. The quantitative estimate of drug-likeness (QED) is 0.693. The number of aryl methyl sites for hydroxylation is 1. The topological polar surface area (TPSA) is 60.9 Å². The molecule has 0 amide bonds. The second kappa shape index (κ2) is 4.70. The maximum atomic E-state index is 12.5. The molecule has 0 N–H and O–H groups in total. The lowest BCUT2D eigenvalue weighted by Crippen LogP contribution is -2.28. The molecule has 0 saturated carbocycles. The molecule has 0 spiro atoms. The fourth-order valence-corrected chi connectivity index (χ4v) is 2.89. The number of fused-ring (bicyclic) bond motifs is 2. The summed E-state index contributed by atoms with van der Waals surface area (Å²) in [5, 5.41) is 0.536. The van der Waals surface area contributed by atoms with E-state index >= 15 is 0 Å². The average molecular weight is 302 g/mol. The van der Waals surface area contributed by atoms with Gasteiger partial charge in [0, 0.05) is 13.0 Å². The number of benzene rings is 1. The van der Waals surface area contributed by atoms with E-state index in [0.29, 0.717) is 28.7 Å². The standard InChI is InChI=1S/C15H12ClN3O2/c16-10-6-2-1-5-9(10)13-18-12-14(21-13)17-11-7-3-4-8-19(11)15(12)20/h1-2,5-6H,3-4,7-8H2. The minimum atomic E-state index is -0.128. The maximum Gasteiger partial charge on any atom is 0.283 e. The Hall–Kier alpha value is -2.14. The van der Waals surface area contributed by atoms with E-state index < -0.39 is 0 Å². The van der Waals surface area contributed by atoms with Crippen molar-refractivity contribution in [2.45, 2.75) is 25.8 Å². The SMILES string of the molecule is O=c1c2nc(-c3ccccc3Cl)oc2nc2n1CCCC2. The van der Waals surface area contributed by atoms with E-state index in [2.05, 4.69) is 9.97 Å². The van der Waals surface area contributed by atoms with Crippen LogP contribution in [0.5, 0.6) is 0 Å². The molecule has 1 aliphatic heterocycles. The van der Waals surface area contributed by atoms with E-state index in [1.54, 1.807) is 10.6 Å². The van der Waals surface area contributed by atoms with Crippen LogP contribution in [-0.4, -0.2) is 14.5 Å². The third kappa shape index (κ3) is 1.96. The normalized spacial score (nSPS) is 14.3. The van der Waals surface area contributed by atoms with Crippen LogP contribution in [-0.2, 0) is 13.0 Å². The number of aromatic nitrogens is 3. The van der Waals surface area contributed by atoms with Crippen LogP contribution >= 0.6 is 11.6 Å². The molecule has 5 nitrogen and oxygen atoms in total. The van der Waals surface area contributed by atoms with Crippen LogP contribution < -0.4 is 5.56 Å². The van der Waals surface area contributed by atoms with Crippen molar-refractivity contribution >= 4 is 22.8 Å². The summed E-state index contributed by atoms with van der Waals surface area (Å²) in [7, 11) is 0. The van der Waals surface area contributed by atoms with E-state index in [9.17, 15) is 4.79 Å². The third-order valence-corrected chi connectivity index (χ3v) is 4.07. The monoisotopic (exact) mass is 301 g/mol. The highest BCUT2D eigenvalue weighted by atomic mass is 35.5. The first kappa shape index (κ1) is 12.6. The Kier molecular flexibility index (Phi) is 2.82. The summed E-state index contributed by atoms with van der Waals surface area (Å²) >= 11 is 6.15. The molecular formula is C15H12ClN3O2. The minimum absolute atomic E-state index is 0.128. The maximum absolute atomic E-state index is 12.5. The number of nitrogens with zero attached hydrogens (tertiary/aromatic N) is 3. The smallest absolute Gasteiger partial charge is 0.283 e. The zero-order valence-electron chi connectivity index (χ0n) is 11.2. The van der Waals surface area contributed by atoms with Crippen molar-refractivity contribution in [2.24, 2.45) is 0 Å². The van der Waals surface area contributed by atoms with Gasteiger partial charge in [-0.15, -0.1) is 0 Å². The van der Waals surface area contributed by atoms with E-state index in [0.717, 1.165) is 25.1 Å². The van der Waals surface area contributed by atoms with Gasteiger partial charge >= 0.3 is 0 Å². The van der Waals surface area contributed by atoms with Crippen molar-refractivity contribution in [3.63, 3.8) is 0 Å². The van der Waals surface area contributed by atoms with E-state index in [4.69, 9.17) is 16.0 Å². The number of hydrogen-bond acceptors (Lipinski definition) is 4. The van der Waals surface area contributed by atoms with Gasteiger partial charge in [0.05, 0.1) is 10.6 Å². The van der Waals surface area contributed by atoms with Crippen LogP contribution in [0, 0.1) is 0 Å². The van der Waals surface area contributed by atoms with Crippen molar-refractivity contribution in [1.29, 1.82) is 0 Å². The summed E-state index contributed by atoms with van der Waals surface area (Å²) in [5.41, 5.74) is 1.11. The van der Waals surface area contributed by atoms with Gasteiger partial charge in [0.1, 0.15) is 5.82 Å². The van der Waals surface area contributed by atoms with Gasteiger partial charge in [-0.25, -0.2) is 4.98 Å². The molecule has 0 bridgehead atoms. The molecule has 3 aromatic rings. The van der Waals surface area contributed by atoms with Crippen molar-refractivity contribution in [2.75, 3.05) is 0 Å². The van der Waals surface area contributed by atoms with Crippen molar-refractivity contribution in [1.82, 2.24) is 14.5 Å². The molecule has 3 heterocycles. The first-order chi connectivity index (χ1) is 10.2. The molecule has 0 aliphatic carbocycles. The van der Waals surface area contributed by atoms with E-state index in [1.165, 1.54) is 0 Å². The Morgan fingerprint density at radius 3 is 2.90 bits per heavy atom. The van der Waals surface area contributed by atoms with Crippen LogP contribution in [0.1, 0.15) is 18.7 Å². The van der Waals surface area contributed by atoms with Gasteiger partial charge in [0.2, 0.25) is 5.89 Å². The van der Waals surface area contributed by atoms with Crippen molar-refractivity contribution in [3.8, 4) is 11.5 Å². The van der Waals surface area contributed by atoms with Gasteiger partial charge in [0.25, 0.3) is 11.3 Å². The number of hydrogen-bond donors (Lipinski definition) is 0. The van der Waals surface area contributed by atoms with Crippen LogP contribution in [0.4, 0.5) is 0 Å². The largest absolute Gasteiger partial charge is 0.417 e. The highest BCUT2D eigenvalue weighted by molar-refractivity contribution is 6.33. The minimum Gasteiger partial charge on any atom is -0.417 e. The van der Waals surface area contributed by atoms with Crippen molar-refractivity contribution < 1.29 is 4.42 Å². The van der Waals surface area contributed by atoms with Gasteiger partial charge < -0.3 is 4.42 Å². The summed E-state index contributed by atoms with van der Waals surface area (Å²) in [4.78, 5) is 21.2. The summed E-state index contributed by atoms with van der Waals surface area (Å²) in [5.74, 6) is 1.11. The molecule has 1 aromatic carbocycles.